The molecule has 0 amide bonds. The molecule has 2 rings (SSSR count). The van der Waals surface area contributed by atoms with Crippen LogP contribution in [-0.2, 0) is 13.5 Å². The Bertz CT molecular complexity index is 317. The number of aromatic nitrogens is 2. The van der Waals surface area contributed by atoms with Crippen molar-refractivity contribution in [3.8, 4) is 0 Å². The fourth-order valence-electron chi connectivity index (χ4n) is 2.45. The topological polar surface area (TPSA) is 47.1 Å². The summed E-state index contributed by atoms with van der Waals surface area (Å²) >= 11 is 0. The molecule has 1 aliphatic rings. The molecule has 16 heavy (non-hydrogen) atoms. The number of piperidine rings is 1. The lowest BCUT2D eigenvalue weighted by molar-refractivity contribution is 0.191. The van der Waals surface area contributed by atoms with Crippen LogP contribution in [0.5, 0.6) is 0 Å². The average Bonchev–Trinajstić information content (AvgIpc) is 2.59. The maximum atomic E-state index is 5.78. The lowest BCUT2D eigenvalue weighted by Crippen LogP contribution is -2.34. The minimum absolute atomic E-state index is 0.765. The van der Waals surface area contributed by atoms with Gasteiger partial charge in [-0.05, 0) is 44.8 Å². The van der Waals surface area contributed by atoms with Crippen molar-refractivity contribution in [2.45, 2.75) is 26.2 Å². The molecule has 0 aromatic carbocycles. The summed E-state index contributed by atoms with van der Waals surface area (Å²) in [5, 5.41) is 4.42. The minimum Gasteiger partial charge on any atom is -0.384 e. The van der Waals surface area contributed by atoms with Crippen molar-refractivity contribution in [1.82, 2.24) is 14.7 Å². The van der Waals surface area contributed by atoms with Gasteiger partial charge in [-0.2, -0.15) is 5.10 Å². The van der Waals surface area contributed by atoms with Crippen LogP contribution in [0.2, 0.25) is 0 Å². The quantitative estimate of drug-likeness (QED) is 0.838. The van der Waals surface area contributed by atoms with Gasteiger partial charge in [0.25, 0.3) is 0 Å². The third-order valence-electron chi connectivity index (χ3n) is 3.62. The molecule has 90 valence electrons. The van der Waals surface area contributed by atoms with Crippen LogP contribution in [0.3, 0.4) is 0 Å². The van der Waals surface area contributed by atoms with Gasteiger partial charge >= 0.3 is 0 Å². The van der Waals surface area contributed by atoms with E-state index < -0.39 is 0 Å². The van der Waals surface area contributed by atoms with Crippen molar-refractivity contribution in [3.63, 3.8) is 0 Å². The van der Waals surface area contributed by atoms with E-state index >= 15 is 0 Å². The minimum atomic E-state index is 0.765. The van der Waals surface area contributed by atoms with E-state index in [1.54, 1.807) is 4.68 Å². The maximum Gasteiger partial charge on any atom is 0.121 e. The Kier molecular flexibility index (Phi) is 3.49. The Morgan fingerprint density at radius 1 is 1.44 bits per heavy atom. The highest BCUT2D eigenvalue weighted by molar-refractivity contribution is 5.30. The van der Waals surface area contributed by atoms with E-state index in [0.717, 1.165) is 23.9 Å². The Balaban J connectivity index is 1.87. The van der Waals surface area contributed by atoms with Crippen molar-refractivity contribution < 1.29 is 0 Å². The number of rotatable bonds is 3. The first-order valence-electron chi connectivity index (χ1n) is 6.19. The first kappa shape index (κ1) is 11.5. The van der Waals surface area contributed by atoms with Gasteiger partial charge in [0.1, 0.15) is 5.82 Å². The van der Waals surface area contributed by atoms with Crippen molar-refractivity contribution in [1.29, 1.82) is 0 Å². The second kappa shape index (κ2) is 4.87. The Morgan fingerprint density at radius 2 is 2.12 bits per heavy atom. The van der Waals surface area contributed by atoms with E-state index in [2.05, 4.69) is 16.9 Å². The van der Waals surface area contributed by atoms with Gasteiger partial charge in [0.15, 0.2) is 0 Å². The molecule has 1 aromatic rings. The Labute approximate surface area is 97.4 Å². The van der Waals surface area contributed by atoms with Crippen LogP contribution in [0.25, 0.3) is 0 Å². The third kappa shape index (κ3) is 2.55. The highest BCUT2D eigenvalue weighted by atomic mass is 15.3. The fraction of sp³-hybridized carbons (Fsp3) is 0.750. The predicted molar refractivity (Wildman–Crippen MR) is 66.2 cm³/mol. The molecule has 1 aliphatic heterocycles. The van der Waals surface area contributed by atoms with Crippen LogP contribution in [0, 0.1) is 5.92 Å². The van der Waals surface area contributed by atoms with Crippen LogP contribution < -0.4 is 5.73 Å². The summed E-state index contributed by atoms with van der Waals surface area (Å²) < 4.78 is 1.76. The Morgan fingerprint density at radius 3 is 2.62 bits per heavy atom. The smallest absolute Gasteiger partial charge is 0.121 e. The lowest BCUT2D eigenvalue weighted by Gasteiger charge is -2.30. The van der Waals surface area contributed by atoms with Crippen LogP contribution >= 0.6 is 0 Å². The molecule has 0 aliphatic carbocycles. The lowest BCUT2D eigenvalue weighted by atomic mass is 9.92. The van der Waals surface area contributed by atoms with E-state index in [0.29, 0.717) is 0 Å². The molecule has 4 nitrogen and oxygen atoms in total. The number of hydrogen-bond acceptors (Lipinski definition) is 3. The number of aryl methyl sites for hydroxylation is 1. The number of anilines is 1. The molecule has 0 unspecified atom stereocenters. The van der Waals surface area contributed by atoms with Gasteiger partial charge in [0.05, 0.1) is 5.69 Å². The van der Waals surface area contributed by atoms with Gasteiger partial charge in [-0.1, -0.05) is 6.92 Å². The number of hydrogen-bond donors (Lipinski definition) is 1. The Hall–Kier alpha value is -1.03. The van der Waals surface area contributed by atoms with Gasteiger partial charge in [-0.3, -0.25) is 4.68 Å². The number of nitrogens with two attached hydrogens (primary N) is 1. The third-order valence-corrected chi connectivity index (χ3v) is 3.62. The first-order chi connectivity index (χ1) is 7.69. The van der Waals surface area contributed by atoms with E-state index in [1.807, 2.05) is 13.1 Å². The summed E-state index contributed by atoms with van der Waals surface area (Å²) in [6, 6.07) is 2.01. The monoisotopic (exact) mass is 222 g/mol. The normalized spacial score (nSPS) is 19.1. The fourth-order valence-corrected chi connectivity index (χ4v) is 2.45. The van der Waals surface area contributed by atoms with Crippen molar-refractivity contribution in [2.75, 3.05) is 25.4 Å². The number of likely N-dealkylation sites (tertiary alicyclic amines) is 1. The van der Waals surface area contributed by atoms with E-state index in [1.165, 1.54) is 32.5 Å². The van der Waals surface area contributed by atoms with Gasteiger partial charge in [-0.25, -0.2) is 0 Å². The molecule has 0 bridgehead atoms. The van der Waals surface area contributed by atoms with E-state index in [9.17, 15) is 0 Å². The summed E-state index contributed by atoms with van der Waals surface area (Å²) in [6.45, 7) is 5.90. The van der Waals surface area contributed by atoms with Crippen LogP contribution in [0.15, 0.2) is 6.07 Å². The van der Waals surface area contributed by atoms with Gasteiger partial charge in [0, 0.05) is 13.1 Å². The summed E-state index contributed by atoms with van der Waals surface area (Å²) in [6.07, 6.45) is 3.68. The molecular weight excluding hydrogens is 200 g/mol. The number of nitrogen functional groups attached to an aromatic ring is 1. The molecule has 1 saturated heterocycles. The van der Waals surface area contributed by atoms with E-state index in [4.69, 9.17) is 5.73 Å². The van der Waals surface area contributed by atoms with Gasteiger partial charge in [0.2, 0.25) is 0 Å². The second-order valence-corrected chi connectivity index (χ2v) is 4.77. The van der Waals surface area contributed by atoms with Crippen LogP contribution in [-0.4, -0.2) is 34.3 Å². The van der Waals surface area contributed by atoms with Crippen molar-refractivity contribution >= 4 is 5.82 Å². The summed E-state index contributed by atoms with van der Waals surface area (Å²) in [5.74, 6) is 1.55. The molecule has 0 saturated carbocycles. The summed E-state index contributed by atoms with van der Waals surface area (Å²) in [5.41, 5.74) is 6.93. The molecule has 0 radical (unpaired) electrons. The molecule has 0 spiro atoms. The maximum absolute atomic E-state index is 5.78. The zero-order valence-electron chi connectivity index (χ0n) is 10.3. The predicted octanol–water partition coefficient (Wildman–Crippen LogP) is 1.28. The van der Waals surface area contributed by atoms with Crippen LogP contribution in [0.1, 0.15) is 25.5 Å². The molecular formula is C12H22N4. The highest BCUT2D eigenvalue weighted by Crippen LogP contribution is 2.21. The van der Waals surface area contributed by atoms with Gasteiger partial charge in [-0.15, -0.1) is 0 Å². The summed E-state index contributed by atoms with van der Waals surface area (Å²) in [4.78, 5) is 2.52. The van der Waals surface area contributed by atoms with E-state index in [-0.39, 0.29) is 0 Å². The molecule has 2 heterocycles. The standard InChI is InChI=1S/C12H22N4/c1-3-16-6-4-10(5-7-16)8-11-9-12(13)15(2)14-11/h9-10H,3-8,13H2,1-2H3. The largest absolute Gasteiger partial charge is 0.384 e. The molecule has 1 aromatic heterocycles. The zero-order valence-corrected chi connectivity index (χ0v) is 10.3. The van der Waals surface area contributed by atoms with Crippen molar-refractivity contribution in [2.24, 2.45) is 13.0 Å². The number of nitrogens with zero attached hydrogens (tertiary/aromatic N) is 3. The van der Waals surface area contributed by atoms with Gasteiger partial charge < -0.3 is 10.6 Å². The molecule has 2 N–H and O–H groups in total. The summed E-state index contributed by atoms with van der Waals surface area (Å²) in [7, 11) is 1.90. The first-order valence-corrected chi connectivity index (χ1v) is 6.19. The highest BCUT2D eigenvalue weighted by Gasteiger charge is 2.19. The van der Waals surface area contributed by atoms with Crippen molar-refractivity contribution in [3.05, 3.63) is 11.8 Å². The molecule has 0 atom stereocenters. The second-order valence-electron chi connectivity index (χ2n) is 4.77. The zero-order chi connectivity index (χ0) is 11.5. The van der Waals surface area contributed by atoms with Crippen LogP contribution in [0.4, 0.5) is 5.82 Å². The molecule has 1 fully saturated rings. The average molecular weight is 222 g/mol. The molecule has 4 heteroatoms. The SMILES string of the molecule is CCN1CCC(Cc2cc(N)n(C)n2)CC1.